The number of nitrogens with two attached hydrogens (primary N) is 1. The molecule has 0 saturated carbocycles. The summed E-state index contributed by atoms with van der Waals surface area (Å²) in [5.74, 6) is -1.46. The molecule has 0 radical (unpaired) electrons. The Morgan fingerprint density at radius 3 is 2.40 bits per heavy atom. The van der Waals surface area contributed by atoms with Crippen LogP contribution in [-0.2, 0) is 19.6 Å². The summed E-state index contributed by atoms with van der Waals surface area (Å²) in [6.07, 6.45) is 0. The number of sulfonamides is 1. The van der Waals surface area contributed by atoms with E-state index in [0.29, 0.717) is 0 Å². The van der Waals surface area contributed by atoms with Gasteiger partial charge in [-0.1, -0.05) is 23.2 Å². The quantitative estimate of drug-likeness (QED) is 0.465. The van der Waals surface area contributed by atoms with Gasteiger partial charge >= 0.3 is 5.97 Å². The molecule has 0 aromatic heterocycles. The highest BCUT2D eigenvalue weighted by molar-refractivity contribution is 7.89. The van der Waals surface area contributed by atoms with Crippen LogP contribution in [0, 0.1) is 0 Å². The second kappa shape index (κ2) is 9.52. The molecule has 0 spiro atoms. The van der Waals surface area contributed by atoms with Gasteiger partial charge in [-0.15, -0.1) is 0 Å². The number of rotatable bonds is 7. The first-order valence-corrected chi connectivity index (χ1v) is 10.5. The van der Waals surface area contributed by atoms with E-state index in [1.54, 1.807) is 0 Å². The van der Waals surface area contributed by atoms with Crippen molar-refractivity contribution < 1.29 is 27.5 Å². The third-order valence-electron chi connectivity index (χ3n) is 3.86. The number of anilines is 2. The van der Waals surface area contributed by atoms with Gasteiger partial charge in [0.25, 0.3) is 5.91 Å². The summed E-state index contributed by atoms with van der Waals surface area (Å²) in [6, 6.07) is 6.48. The fourth-order valence-corrected chi connectivity index (χ4v) is 3.52. The first-order valence-electron chi connectivity index (χ1n) is 8.29. The molecular formula is C18H19Cl2N3O6S. The van der Waals surface area contributed by atoms with Crippen LogP contribution in [0.15, 0.2) is 35.2 Å². The van der Waals surface area contributed by atoms with Crippen LogP contribution in [0.1, 0.15) is 10.4 Å². The van der Waals surface area contributed by atoms with Crippen LogP contribution in [0.25, 0.3) is 0 Å². The number of methoxy groups -OCH3 is 1. The van der Waals surface area contributed by atoms with Crippen LogP contribution < -0.4 is 15.8 Å². The van der Waals surface area contributed by atoms with Crippen molar-refractivity contribution in [2.75, 3.05) is 38.9 Å². The molecule has 162 valence electrons. The molecule has 0 bridgehead atoms. The summed E-state index contributed by atoms with van der Waals surface area (Å²) >= 11 is 11.9. The van der Waals surface area contributed by atoms with Gasteiger partial charge in [0.15, 0.2) is 6.61 Å². The molecule has 30 heavy (non-hydrogen) atoms. The molecule has 0 heterocycles. The van der Waals surface area contributed by atoms with Crippen LogP contribution in [0.2, 0.25) is 10.0 Å². The van der Waals surface area contributed by atoms with E-state index in [9.17, 15) is 18.0 Å². The van der Waals surface area contributed by atoms with Crippen molar-refractivity contribution in [2.45, 2.75) is 4.90 Å². The summed E-state index contributed by atoms with van der Waals surface area (Å²) in [6.45, 7) is -0.662. The molecule has 0 saturated heterocycles. The van der Waals surface area contributed by atoms with E-state index in [4.69, 9.17) is 38.4 Å². The first kappa shape index (κ1) is 23.7. The number of ether oxygens (including phenoxy) is 2. The molecule has 0 atom stereocenters. The summed E-state index contributed by atoms with van der Waals surface area (Å²) in [7, 11) is 0.357. The maximum absolute atomic E-state index is 12.3. The SMILES string of the molecule is COc1cc(N)c(Cl)cc1C(=O)OCC(=O)Nc1cc(S(=O)(=O)N(C)C)ccc1Cl. The van der Waals surface area contributed by atoms with Crippen LogP contribution in [0.3, 0.4) is 0 Å². The monoisotopic (exact) mass is 475 g/mol. The number of nitrogen functional groups attached to an aromatic ring is 1. The summed E-state index contributed by atoms with van der Waals surface area (Å²) in [5.41, 5.74) is 5.91. The van der Waals surface area contributed by atoms with Crippen molar-refractivity contribution in [2.24, 2.45) is 0 Å². The van der Waals surface area contributed by atoms with Crippen LogP contribution in [-0.4, -0.2) is 52.4 Å². The molecule has 1 amide bonds. The highest BCUT2D eigenvalue weighted by Crippen LogP contribution is 2.29. The largest absolute Gasteiger partial charge is 0.496 e. The van der Waals surface area contributed by atoms with E-state index in [1.165, 1.54) is 51.5 Å². The number of halogens is 2. The van der Waals surface area contributed by atoms with Gasteiger partial charge < -0.3 is 20.5 Å². The maximum Gasteiger partial charge on any atom is 0.342 e. The molecule has 0 aliphatic rings. The van der Waals surface area contributed by atoms with Gasteiger partial charge in [0.1, 0.15) is 11.3 Å². The number of esters is 1. The minimum atomic E-state index is -3.73. The Morgan fingerprint density at radius 1 is 1.13 bits per heavy atom. The molecule has 0 unspecified atom stereocenters. The molecule has 2 rings (SSSR count). The molecule has 2 aromatic carbocycles. The zero-order valence-electron chi connectivity index (χ0n) is 16.2. The van der Waals surface area contributed by atoms with Crippen molar-refractivity contribution in [3.05, 3.63) is 45.9 Å². The van der Waals surface area contributed by atoms with E-state index in [0.717, 1.165) is 4.31 Å². The zero-order valence-corrected chi connectivity index (χ0v) is 18.6. The maximum atomic E-state index is 12.3. The minimum Gasteiger partial charge on any atom is -0.496 e. The number of carbonyl (C=O) groups is 2. The predicted molar refractivity (Wildman–Crippen MR) is 114 cm³/mol. The Hall–Kier alpha value is -2.53. The number of benzene rings is 2. The summed E-state index contributed by atoms with van der Waals surface area (Å²) < 4.78 is 35.5. The van der Waals surface area contributed by atoms with E-state index in [2.05, 4.69) is 5.32 Å². The van der Waals surface area contributed by atoms with Crippen molar-refractivity contribution in [3.63, 3.8) is 0 Å². The Morgan fingerprint density at radius 2 is 1.80 bits per heavy atom. The highest BCUT2D eigenvalue weighted by atomic mass is 35.5. The third kappa shape index (κ3) is 5.33. The van der Waals surface area contributed by atoms with Crippen LogP contribution in [0.5, 0.6) is 5.75 Å². The molecule has 12 heteroatoms. The lowest BCUT2D eigenvalue weighted by Gasteiger charge is -2.14. The fourth-order valence-electron chi connectivity index (χ4n) is 2.26. The molecule has 2 aromatic rings. The smallest absolute Gasteiger partial charge is 0.342 e. The van der Waals surface area contributed by atoms with E-state index >= 15 is 0 Å². The van der Waals surface area contributed by atoms with Gasteiger partial charge in [0.05, 0.1) is 33.4 Å². The summed E-state index contributed by atoms with van der Waals surface area (Å²) in [5, 5.41) is 2.64. The van der Waals surface area contributed by atoms with E-state index in [-0.39, 0.29) is 37.6 Å². The van der Waals surface area contributed by atoms with Gasteiger partial charge in [-0.25, -0.2) is 17.5 Å². The van der Waals surface area contributed by atoms with Gasteiger partial charge in [0, 0.05) is 20.2 Å². The number of hydrogen-bond donors (Lipinski definition) is 2. The average Bonchev–Trinajstić information content (AvgIpc) is 2.69. The van der Waals surface area contributed by atoms with Crippen LogP contribution in [0.4, 0.5) is 11.4 Å². The van der Waals surface area contributed by atoms with E-state index in [1.807, 2.05) is 0 Å². The molecule has 0 fully saturated rings. The fraction of sp³-hybridized carbons (Fsp3) is 0.222. The predicted octanol–water partition coefficient (Wildman–Crippen LogP) is 2.63. The molecule has 9 nitrogen and oxygen atoms in total. The highest BCUT2D eigenvalue weighted by Gasteiger charge is 2.20. The Bertz CT molecular complexity index is 1090. The lowest BCUT2D eigenvalue weighted by molar-refractivity contribution is -0.119. The lowest BCUT2D eigenvalue weighted by atomic mass is 10.2. The zero-order chi connectivity index (χ0) is 22.6. The number of carbonyl (C=O) groups excluding carboxylic acids is 2. The van der Waals surface area contributed by atoms with Crippen LogP contribution >= 0.6 is 23.2 Å². The number of nitrogens with zero attached hydrogens (tertiary/aromatic N) is 1. The molecule has 0 aliphatic heterocycles. The third-order valence-corrected chi connectivity index (χ3v) is 6.33. The van der Waals surface area contributed by atoms with Crippen molar-refractivity contribution >= 4 is 56.5 Å². The van der Waals surface area contributed by atoms with Crippen molar-refractivity contribution in [1.29, 1.82) is 0 Å². The average molecular weight is 476 g/mol. The first-order chi connectivity index (χ1) is 14.0. The lowest BCUT2D eigenvalue weighted by Crippen LogP contribution is -2.23. The number of amides is 1. The second-order valence-electron chi connectivity index (χ2n) is 6.13. The van der Waals surface area contributed by atoms with Gasteiger partial charge in [0.2, 0.25) is 10.0 Å². The second-order valence-corrected chi connectivity index (χ2v) is 9.09. The molecule has 3 N–H and O–H groups in total. The van der Waals surface area contributed by atoms with Gasteiger partial charge in [-0.2, -0.15) is 0 Å². The van der Waals surface area contributed by atoms with E-state index < -0.39 is 28.5 Å². The van der Waals surface area contributed by atoms with Crippen molar-refractivity contribution in [3.8, 4) is 5.75 Å². The van der Waals surface area contributed by atoms with Gasteiger partial charge in [-0.05, 0) is 24.3 Å². The van der Waals surface area contributed by atoms with Gasteiger partial charge in [-0.3, -0.25) is 4.79 Å². The molecular weight excluding hydrogens is 457 g/mol. The number of hydrogen-bond acceptors (Lipinski definition) is 7. The Balaban J connectivity index is 2.12. The standard InChI is InChI=1S/C18H19Cl2N3O6S/c1-23(2)30(26,27)10-4-5-12(19)15(6-10)22-17(24)9-29-18(25)11-7-13(20)14(21)8-16(11)28-3/h4-8H,9,21H2,1-3H3,(H,22,24). The topological polar surface area (TPSA) is 128 Å². The summed E-state index contributed by atoms with van der Waals surface area (Å²) in [4.78, 5) is 24.4. The van der Waals surface area contributed by atoms with Crippen molar-refractivity contribution in [1.82, 2.24) is 4.31 Å². The Labute approximate surface area is 183 Å². The Kier molecular flexibility index (Phi) is 7.54. The molecule has 0 aliphatic carbocycles. The normalized spacial score (nSPS) is 11.3. The number of nitrogens with one attached hydrogen (secondary N) is 1. The minimum absolute atomic E-state index is 0.0124.